The zero-order valence-corrected chi connectivity index (χ0v) is 13.9. The molecule has 0 radical (unpaired) electrons. The zero-order chi connectivity index (χ0) is 16.2. The number of aryl methyl sites for hydroxylation is 1. The molecule has 0 aliphatic carbocycles. The van der Waals surface area contributed by atoms with Crippen molar-refractivity contribution < 1.29 is 4.79 Å². The lowest BCUT2D eigenvalue weighted by Crippen LogP contribution is -2.22. The van der Waals surface area contributed by atoms with Gasteiger partial charge in [-0.2, -0.15) is 0 Å². The van der Waals surface area contributed by atoms with Gasteiger partial charge in [0.25, 0.3) is 0 Å². The van der Waals surface area contributed by atoms with Crippen LogP contribution in [-0.4, -0.2) is 16.1 Å². The standard InChI is InChI=1S/C19H18N2OS/c1-13-6-5-7-15(12-13)21-19(22)14(2)23-18-10-11-20-17-9-4-3-8-16(17)18/h3-12,14H,1-2H3,(H,21,22). The second kappa shape index (κ2) is 6.84. The lowest BCUT2D eigenvalue weighted by atomic mass is 10.2. The summed E-state index contributed by atoms with van der Waals surface area (Å²) < 4.78 is 0. The molecule has 0 saturated carbocycles. The number of nitrogens with one attached hydrogen (secondary N) is 1. The van der Waals surface area contributed by atoms with Crippen molar-refractivity contribution in [1.29, 1.82) is 0 Å². The minimum absolute atomic E-state index is 0.00138. The van der Waals surface area contributed by atoms with Gasteiger partial charge in [-0.1, -0.05) is 30.3 Å². The van der Waals surface area contributed by atoms with E-state index >= 15 is 0 Å². The van der Waals surface area contributed by atoms with E-state index in [0.29, 0.717) is 0 Å². The van der Waals surface area contributed by atoms with E-state index in [1.807, 2.05) is 68.4 Å². The number of amides is 1. The summed E-state index contributed by atoms with van der Waals surface area (Å²) in [6.45, 7) is 3.93. The molecular weight excluding hydrogens is 304 g/mol. The lowest BCUT2D eigenvalue weighted by molar-refractivity contribution is -0.115. The average molecular weight is 322 g/mol. The molecule has 1 atom stereocenters. The highest BCUT2D eigenvalue weighted by atomic mass is 32.2. The van der Waals surface area contributed by atoms with Crippen molar-refractivity contribution in [2.75, 3.05) is 5.32 Å². The van der Waals surface area contributed by atoms with Gasteiger partial charge >= 0.3 is 0 Å². The van der Waals surface area contributed by atoms with Gasteiger partial charge in [0.1, 0.15) is 0 Å². The molecule has 116 valence electrons. The number of para-hydroxylation sites is 1. The monoisotopic (exact) mass is 322 g/mol. The second-order valence-corrected chi connectivity index (χ2v) is 6.83. The van der Waals surface area contributed by atoms with E-state index in [-0.39, 0.29) is 11.2 Å². The highest BCUT2D eigenvalue weighted by Gasteiger charge is 2.16. The Morgan fingerprint density at radius 1 is 1.13 bits per heavy atom. The number of pyridine rings is 1. The van der Waals surface area contributed by atoms with E-state index < -0.39 is 0 Å². The van der Waals surface area contributed by atoms with E-state index in [0.717, 1.165) is 27.0 Å². The molecule has 0 aliphatic rings. The zero-order valence-electron chi connectivity index (χ0n) is 13.1. The minimum Gasteiger partial charge on any atom is -0.325 e. The van der Waals surface area contributed by atoms with Crippen LogP contribution in [-0.2, 0) is 4.79 Å². The van der Waals surface area contributed by atoms with Crippen LogP contribution >= 0.6 is 11.8 Å². The van der Waals surface area contributed by atoms with Crippen molar-refractivity contribution in [1.82, 2.24) is 4.98 Å². The first kappa shape index (κ1) is 15.6. The summed E-state index contributed by atoms with van der Waals surface area (Å²) >= 11 is 1.55. The van der Waals surface area contributed by atoms with Crippen molar-refractivity contribution in [3.8, 4) is 0 Å². The number of rotatable bonds is 4. The van der Waals surface area contributed by atoms with E-state index in [9.17, 15) is 4.79 Å². The number of anilines is 1. The van der Waals surface area contributed by atoms with Gasteiger partial charge < -0.3 is 5.32 Å². The molecule has 0 bridgehead atoms. The Bertz CT molecular complexity index is 842. The van der Waals surface area contributed by atoms with Crippen molar-refractivity contribution in [2.45, 2.75) is 24.0 Å². The maximum atomic E-state index is 12.4. The Kier molecular flexibility index (Phi) is 4.63. The number of hydrogen-bond donors (Lipinski definition) is 1. The molecule has 4 heteroatoms. The summed E-state index contributed by atoms with van der Waals surface area (Å²) in [5, 5.41) is 3.86. The van der Waals surface area contributed by atoms with Gasteiger partial charge in [0, 0.05) is 22.2 Å². The Balaban J connectivity index is 1.75. The first-order chi connectivity index (χ1) is 11.1. The Hall–Kier alpha value is -2.33. The van der Waals surface area contributed by atoms with E-state index in [1.54, 1.807) is 18.0 Å². The molecule has 3 aromatic rings. The topological polar surface area (TPSA) is 42.0 Å². The molecule has 1 aromatic heterocycles. The van der Waals surface area contributed by atoms with Gasteiger partial charge in [-0.15, -0.1) is 11.8 Å². The SMILES string of the molecule is Cc1cccc(NC(=O)C(C)Sc2ccnc3ccccc23)c1. The van der Waals surface area contributed by atoms with Gasteiger partial charge in [0.15, 0.2) is 0 Å². The summed E-state index contributed by atoms with van der Waals surface area (Å²) in [4.78, 5) is 17.8. The molecule has 0 saturated heterocycles. The number of nitrogens with zero attached hydrogens (tertiary/aromatic N) is 1. The summed E-state index contributed by atoms with van der Waals surface area (Å²) in [5.41, 5.74) is 2.91. The van der Waals surface area contributed by atoms with Crippen molar-refractivity contribution in [3.63, 3.8) is 0 Å². The molecule has 1 amide bonds. The summed E-state index contributed by atoms with van der Waals surface area (Å²) in [5.74, 6) is 0.00138. The highest BCUT2D eigenvalue weighted by molar-refractivity contribution is 8.00. The van der Waals surface area contributed by atoms with E-state index in [4.69, 9.17) is 0 Å². The first-order valence-electron chi connectivity index (χ1n) is 7.51. The Morgan fingerprint density at radius 2 is 1.96 bits per heavy atom. The maximum absolute atomic E-state index is 12.4. The fourth-order valence-electron chi connectivity index (χ4n) is 2.38. The Morgan fingerprint density at radius 3 is 2.78 bits per heavy atom. The number of carbonyl (C=O) groups excluding carboxylic acids is 1. The van der Waals surface area contributed by atoms with Crippen LogP contribution in [0.1, 0.15) is 12.5 Å². The minimum atomic E-state index is -0.193. The predicted molar refractivity (Wildman–Crippen MR) is 96.9 cm³/mol. The van der Waals surface area contributed by atoms with E-state index in [1.165, 1.54) is 0 Å². The number of thioether (sulfide) groups is 1. The summed E-state index contributed by atoms with van der Waals surface area (Å²) in [7, 11) is 0. The van der Waals surface area contributed by atoms with Crippen LogP contribution in [0.3, 0.4) is 0 Å². The molecule has 1 unspecified atom stereocenters. The fourth-order valence-corrected chi connectivity index (χ4v) is 3.37. The third kappa shape index (κ3) is 3.71. The van der Waals surface area contributed by atoms with Crippen LogP contribution in [0.5, 0.6) is 0 Å². The van der Waals surface area contributed by atoms with Crippen LogP contribution in [0.2, 0.25) is 0 Å². The van der Waals surface area contributed by atoms with Crippen LogP contribution in [0.15, 0.2) is 65.7 Å². The van der Waals surface area contributed by atoms with Crippen molar-refractivity contribution in [3.05, 3.63) is 66.4 Å². The number of fused-ring (bicyclic) bond motifs is 1. The number of hydrogen-bond acceptors (Lipinski definition) is 3. The van der Waals surface area contributed by atoms with Crippen molar-refractivity contribution >= 4 is 34.3 Å². The molecule has 0 spiro atoms. The predicted octanol–water partition coefficient (Wildman–Crippen LogP) is 4.66. The quantitative estimate of drug-likeness (QED) is 0.710. The van der Waals surface area contributed by atoms with Crippen molar-refractivity contribution in [2.24, 2.45) is 0 Å². The molecule has 1 N–H and O–H groups in total. The maximum Gasteiger partial charge on any atom is 0.237 e. The van der Waals surface area contributed by atoms with Gasteiger partial charge in [-0.05, 0) is 43.7 Å². The average Bonchev–Trinajstić information content (AvgIpc) is 2.55. The fraction of sp³-hybridized carbons (Fsp3) is 0.158. The molecule has 1 heterocycles. The molecule has 2 aromatic carbocycles. The van der Waals surface area contributed by atoms with Crippen LogP contribution in [0.25, 0.3) is 10.9 Å². The van der Waals surface area contributed by atoms with E-state index in [2.05, 4.69) is 10.3 Å². The molecular formula is C19H18N2OS. The van der Waals surface area contributed by atoms with Crippen LogP contribution < -0.4 is 5.32 Å². The number of carbonyl (C=O) groups is 1. The van der Waals surface area contributed by atoms with Gasteiger partial charge in [-0.25, -0.2) is 0 Å². The lowest BCUT2D eigenvalue weighted by Gasteiger charge is -2.13. The van der Waals surface area contributed by atoms with Gasteiger partial charge in [-0.3, -0.25) is 9.78 Å². The summed E-state index contributed by atoms with van der Waals surface area (Å²) in [6, 6.07) is 17.8. The first-order valence-corrected chi connectivity index (χ1v) is 8.39. The third-order valence-corrected chi connectivity index (χ3v) is 4.75. The molecule has 3 nitrogen and oxygen atoms in total. The van der Waals surface area contributed by atoms with Gasteiger partial charge in [0.2, 0.25) is 5.91 Å². The Labute approximate surface area is 140 Å². The molecule has 0 fully saturated rings. The van der Waals surface area contributed by atoms with Gasteiger partial charge in [0.05, 0.1) is 10.8 Å². The second-order valence-electron chi connectivity index (χ2n) is 5.45. The number of aromatic nitrogens is 1. The third-order valence-electron chi connectivity index (χ3n) is 3.57. The molecule has 0 aliphatic heterocycles. The summed E-state index contributed by atoms with van der Waals surface area (Å²) in [6.07, 6.45) is 1.79. The number of benzene rings is 2. The highest BCUT2D eigenvalue weighted by Crippen LogP contribution is 2.30. The van der Waals surface area contributed by atoms with Crippen LogP contribution in [0, 0.1) is 6.92 Å². The largest absolute Gasteiger partial charge is 0.325 e. The normalized spacial score (nSPS) is 12.1. The molecule has 3 rings (SSSR count). The van der Waals surface area contributed by atoms with Crippen LogP contribution in [0.4, 0.5) is 5.69 Å². The molecule has 23 heavy (non-hydrogen) atoms. The smallest absolute Gasteiger partial charge is 0.237 e.